The molecule has 0 aromatic rings. The Morgan fingerprint density at radius 1 is 1.36 bits per heavy atom. The molecule has 0 amide bonds. The standard InChI is InChI=1S/C19H36N4O.HI/c1-4-20-18(23-10-7-19(14-23)8-11-24-15-19)21-12-17(3)22-9-5-6-16(2)13-22;/h16-17H,4-15H2,1-3H3,(H,20,21);1H. The van der Waals surface area contributed by atoms with Crippen LogP contribution in [0.3, 0.4) is 0 Å². The second-order valence-corrected chi connectivity index (χ2v) is 8.26. The quantitative estimate of drug-likeness (QED) is 0.395. The van der Waals surface area contributed by atoms with Crippen molar-refractivity contribution in [2.45, 2.75) is 52.5 Å². The van der Waals surface area contributed by atoms with Crippen LogP contribution in [0.4, 0.5) is 0 Å². The van der Waals surface area contributed by atoms with Gasteiger partial charge in [0.1, 0.15) is 0 Å². The van der Waals surface area contributed by atoms with Crippen LogP contribution in [-0.4, -0.2) is 74.3 Å². The molecule has 3 atom stereocenters. The van der Waals surface area contributed by atoms with E-state index < -0.39 is 0 Å². The number of halogens is 1. The first kappa shape index (κ1) is 21.2. The van der Waals surface area contributed by atoms with Crippen molar-refractivity contribution < 1.29 is 4.74 Å². The fourth-order valence-electron chi connectivity index (χ4n) is 4.47. The summed E-state index contributed by atoms with van der Waals surface area (Å²) in [5.41, 5.74) is 0.393. The Morgan fingerprint density at radius 3 is 2.88 bits per heavy atom. The summed E-state index contributed by atoms with van der Waals surface area (Å²) in [4.78, 5) is 10.1. The van der Waals surface area contributed by atoms with Gasteiger partial charge < -0.3 is 15.0 Å². The molecule has 3 fully saturated rings. The van der Waals surface area contributed by atoms with Crippen LogP contribution < -0.4 is 5.32 Å². The molecular weight excluding hydrogens is 427 g/mol. The van der Waals surface area contributed by atoms with Crippen LogP contribution in [-0.2, 0) is 4.74 Å². The molecule has 146 valence electrons. The van der Waals surface area contributed by atoms with Gasteiger partial charge in [-0.25, -0.2) is 0 Å². The fraction of sp³-hybridized carbons (Fsp3) is 0.947. The number of nitrogens with zero attached hydrogens (tertiary/aromatic N) is 3. The van der Waals surface area contributed by atoms with Crippen LogP contribution in [0.5, 0.6) is 0 Å². The summed E-state index contributed by atoms with van der Waals surface area (Å²) in [5.74, 6) is 1.94. The molecule has 3 heterocycles. The SMILES string of the molecule is CCNC(=NCC(C)N1CCCC(C)C1)N1CCC2(CCOC2)C1.I. The monoisotopic (exact) mass is 464 g/mol. The average molecular weight is 464 g/mol. The molecule has 0 aromatic carbocycles. The molecule has 1 N–H and O–H groups in total. The van der Waals surface area contributed by atoms with Crippen LogP contribution >= 0.6 is 24.0 Å². The Balaban J connectivity index is 0.00000225. The van der Waals surface area contributed by atoms with E-state index >= 15 is 0 Å². The normalized spacial score (nSPS) is 32.0. The van der Waals surface area contributed by atoms with Gasteiger partial charge in [-0.15, -0.1) is 24.0 Å². The molecule has 3 aliphatic rings. The molecule has 3 saturated heterocycles. The highest BCUT2D eigenvalue weighted by molar-refractivity contribution is 14.0. The van der Waals surface area contributed by atoms with Gasteiger partial charge in [0.25, 0.3) is 0 Å². The third kappa shape index (κ3) is 5.45. The summed E-state index contributed by atoms with van der Waals surface area (Å²) in [6, 6.07) is 0.535. The van der Waals surface area contributed by atoms with Crippen molar-refractivity contribution in [3.8, 4) is 0 Å². The van der Waals surface area contributed by atoms with E-state index in [9.17, 15) is 0 Å². The maximum absolute atomic E-state index is 5.66. The average Bonchev–Trinajstić information content (AvgIpc) is 3.21. The molecule has 3 unspecified atom stereocenters. The lowest BCUT2D eigenvalue weighted by Gasteiger charge is -2.35. The molecule has 0 aliphatic carbocycles. The molecule has 25 heavy (non-hydrogen) atoms. The highest BCUT2D eigenvalue weighted by Crippen LogP contribution is 2.38. The lowest BCUT2D eigenvalue weighted by Crippen LogP contribution is -2.44. The Bertz CT molecular complexity index is 439. The van der Waals surface area contributed by atoms with E-state index in [-0.39, 0.29) is 24.0 Å². The highest BCUT2D eigenvalue weighted by atomic mass is 127. The lowest BCUT2D eigenvalue weighted by atomic mass is 9.87. The number of hydrogen-bond donors (Lipinski definition) is 1. The number of guanidine groups is 1. The first-order valence-corrected chi connectivity index (χ1v) is 9.97. The van der Waals surface area contributed by atoms with Gasteiger partial charge in [0, 0.05) is 44.2 Å². The van der Waals surface area contributed by atoms with Gasteiger partial charge >= 0.3 is 0 Å². The maximum Gasteiger partial charge on any atom is 0.193 e. The molecule has 3 aliphatic heterocycles. The summed E-state index contributed by atoms with van der Waals surface area (Å²) >= 11 is 0. The van der Waals surface area contributed by atoms with Gasteiger partial charge in [-0.2, -0.15) is 0 Å². The van der Waals surface area contributed by atoms with Gasteiger partial charge in [-0.1, -0.05) is 6.92 Å². The largest absolute Gasteiger partial charge is 0.381 e. The maximum atomic E-state index is 5.66. The van der Waals surface area contributed by atoms with Gasteiger partial charge in [0.05, 0.1) is 13.2 Å². The number of aliphatic imine (C=N–C) groups is 1. The van der Waals surface area contributed by atoms with E-state index in [1.54, 1.807) is 0 Å². The number of nitrogens with one attached hydrogen (secondary N) is 1. The van der Waals surface area contributed by atoms with Crippen LogP contribution in [0.25, 0.3) is 0 Å². The van der Waals surface area contributed by atoms with E-state index in [1.165, 1.54) is 38.8 Å². The van der Waals surface area contributed by atoms with Crippen LogP contribution in [0, 0.1) is 11.3 Å². The number of hydrogen-bond acceptors (Lipinski definition) is 3. The Hall–Kier alpha value is -0.0800. The molecule has 0 aromatic heterocycles. The molecule has 1 spiro atoms. The van der Waals surface area contributed by atoms with E-state index in [2.05, 4.69) is 35.9 Å². The molecule has 0 radical (unpaired) electrons. The Morgan fingerprint density at radius 2 is 2.20 bits per heavy atom. The third-order valence-corrected chi connectivity index (χ3v) is 6.07. The minimum Gasteiger partial charge on any atom is -0.381 e. The molecular formula is C19H37IN4O. The second kappa shape index (κ2) is 9.74. The van der Waals surface area contributed by atoms with Crippen molar-refractivity contribution in [1.82, 2.24) is 15.1 Å². The molecule has 0 bridgehead atoms. The van der Waals surface area contributed by atoms with Gasteiger partial charge in [0.15, 0.2) is 5.96 Å². The Kier molecular flexibility index (Phi) is 8.27. The zero-order chi connectivity index (χ0) is 17.0. The minimum absolute atomic E-state index is 0. The second-order valence-electron chi connectivity index (χ2n) is 8.26. The lowest BCUT2D eigenvalue weighted by molar-refractivity contribution is 0.142. The number of rotatable bonds is 4. The van der Waals surface area contributed by atoms with E-state index in [1.807, 2.05) is 0 Å². The summed E-state index contributed by atoms with van der Waals surface area (Å²) in [5, 5.41) is 3.51. The van der Waals surface area contributed by atoms with Gasteiger partial charge in [0.2, 0.25) is 0 Å². The van der Waals surface area contributed by atoms with Crippen molar-refractivity contribution >= 4 is 29.9 Å². The molecule has 6 heteroatoms. The predicted octanol–water partition coefficient (Wildman–Crippen LogP) is 2.80. The first-order valence-electron chi connectivity index (χ1n) is 9.97. The van der Waals surface area contributed by atoms with Crippen molar-refractivity contribution in [2.24, 2.45) is 16.3 Å². The fourth-order valence-corrected chi connectivity index (χ4v) is 4.47. The smallest absolute Gasteiger partial charge is 0.193 e. The van der Waals surface area contributed by atoms with Gasteiger partial charge in [-0.3, -0.25) is 9.89 Å². The first-order chi connectivity index (χ1) is 11.6. The topological polar surface area (TPSA) is 40.1 Å². The van der Waals surface area contributed by atoms with Crippen molar-refractivity contribution in [1.29, 1.82) is 0 Å². The van der Waals surface area contributed by atoms with Crippen LogP contribution in [0.1, 0.15) is 46.5 Å². The number of likely N-dealkylation sites (tertiary alicyclic amines) is 2. The Labute approximate surface area is 171 Å². The summed E-state index contributed by atoms with van der Waals surface area (Å²) < 4.78 is 5.66. The molecule has 0 saturated carbocycles. The zero-order valence-electron chi connectivity index (χ0n) is 16.3. The summed E-state index contributed by atoms with van der Waals surface area (Å²) in [7, 11) is 0. The number of ether oxygens (including phenoxy) is 1. The summed E-state index contributed by atoms with van der Waals surface area (Å²) in [6.07, 6.45) is 5.18. The minimum atomic E-state index is 0. The van der Waals surface area contributed by atoms with Gasteiger partial charge in [-0.05, 0) is 52.0 Å². The predicted molar refractivity (Wildman–Crippen MR) is 115 cm³/mol. The zero-order valence-corrected chi connectivity index (χ0v) is 18.6. The van der Waals surface area contributed by atoms with E-state index in [0.29, 0.717) is 11.5 Å². The third-order valence-electron chi connectivity index (χ3n) is 6.07. The van der Waals surface area contributed by atoms with Crippen molar-refractivity contribution in [3.05, 3.63) is 0 Å². The highest BCUT2D eigenvalue weighted by Gasteiger charge is 2.42. The van der Waals surface area contributed by atoms with Crippen molar-refractivity contribution in [3.63, 3.8) is 0 Å². The molecule has 3 rings (SSSR count). The van der Waals surface area contributed by atoms with E-state index in [4.69, 9.17) is 9.73 Å². The number of piperidine rings is 1. The molecule has 5 nitrogen and oxygen atoms in total. The summed E-state index contributed by atoms with van der Waals surface area (Å²) in [6.45, 7) is 15.3. The van der Waals surface area contributed by atoms with Crippen LogP contribution in [0.2, 0.25) is 0 Å². The van der Waals surface area contributed by atoms with Crippen LogP contribution in [0.15, 0.2) is 4.99 Å². The van der Waals surface area contributed by atoms with E-state index in [0.717, 1.165) is 51.3 Å². The van der Waals surface area contributed by atoms with Crippen molar-refractivity contribution in [2.75, 3.05) is 52.5 Å².